The zero-order valence-electron chi connectivity index (χ0n) is 16.8. The number of carbonyl (C=O) groups excluding carboxylic acids is 1. The average molecular weight is 439 g/mol. The number of halogens is 3. The van der Waals surface area contributed by atoms with Crippen molar-refractivity contribution in [3.63, 3.8) is 0 Å². The zero-order chi connectivity index (χ0) is 23.1. The third kappa shape index (κ3) is 4.21. The average Bonchev–Trinajstić information content (AvgIpc) is 3.12. The first kappa shape index (κ1) is 22.2. The van der Waals surface area contributed by atoms with E-state index in [1.54, 1.807) is 0 Å². The first-order valence-electron chi connectivity index (χ1n) is 9.22. The summed E-state index contributed by atoms with van der Waals surface area (Å²) in [6, 6.07) is 1.84. The van der Waals surface area contributed by atoms with Crippen molar-refractivity contribution in [3.05, 3.63) is 56.0 Å². The Morgan fingerprint density at radius 1 is 1.23 bits per heavy atom. The van der Waals surface area contributed by atoms with Gasteiger partial charge in [0.2, 0.25) is 0 Å². The van der Waals surface area contributed by atoms with Gasteiger partial charge >= 0.3 is 6.18 Å². The van der Waals surface area contributed by atoms with E-state index in [2.05, 4.69) is 10.6 Å². The molecule has 8 nitrogen and oxygen atoms in total. The number of anilines is 3. The number of allylic oxidation sites excluding steroid dienone is 1. The Kier molecular flexibility index (Phi) is 5.70. The molecule has 166 valence electrons. The predicted molar refractivity (Wildman–Crippen MR) is 107 cm³/mol. The van der Waals surface area contributed by atoms with E-state index in [-0.39, 0.29) is 17.7 Å². The van der Waals surface area contributed by atoms with E-state index in [0.29, 0.717) is 5.76 Å². The third-order valence-electron chi connectivity index (χ3n) is 4.84. The number of nitrogens with one attached hydrogen (secondary N) is 2. The van der Waals surface area contributed by atoms with Gasteiger partial charge in [-0.2, -0.15) is 13.2 Å². The van der Waals surface area contributed by atoms with E-state index >= 15 is 0 Å². The lowest BCUT2D eigenvalue weighted by Crippen LogP contribution is -2.49. The van der Waals surface area contributed by atoms with Gasteiger partial charge in [-0.1, -0.05) is 6.07 Å². The van der Waals surface area contributed by atoms with Crippen LogP contribution in [-0.4, -0.2) is 48.3 Å². The largest absolute Gasteiger partial charge is 0.505 e. The fourth-order valence-electron chi connectivity index (χ4n) is 3.20. The van der Waals surface area contributed by atoms with Crippen molar-refractivity contribution < 1.29 is 27.8 Å². The Morgan fingerprint density at radius 2 is 1.87 bits per heavy atom. The number of alkyl halides is 3. The number of hydrogen-bond donors (Lipinski definition) is 3. The number of rotatable bonds is 6. The summed E-state index contributed by atoms with van der Waals surface area (Å²) in [5.74, 6) is -0.703. The van der Waals surface area contributed by atoms with Crippen molar-refractivity contribution in [2.45, 2.75) is 31.7 Å². The smallest absolute Gasteiger partial charge is 0.412 e. The monoisotopic (exact) mass is 439 g/mol. The first-order valence-corrected chi connectivity index (χ1v) is 9.22. The lowest BCUT2D eigenvalue weighted by Gasteiger charge is -2.29. The maximum Gasteiger partial charge on any atom is 0.412 e. The van der Waals surface area contributed by atoms with Crippen LogP contribution in [0.25, 0.3) is 0 Å². The standard InChI is InChI=1S/C20H20F3N3O5/c1-9-7-8-12(31-9)18(20(21,22)23)25-14-13(16(28)17(14)29)24-11-6-4-5-10(15(11)27)19(30)26(2)3/h4-7,12,18,24-25,27H,8H2,1-3H3/t12?,18-/m0/s1. The van der Waals surface area contributed by atoms with E-state index in [1.807, 2.05) is 0 Å². The van der Waals surface area contributed by atoms with Crippen LogP contribution in [0.15, 0.2) is 39.6 Å². The van der Waals surface area contributed by atoms with E-state index in [1.165, 1.54) is 50.2 Å². The number of hydrogen-bond acceptors (Lipinski definition) is 7. The number of amides is 1. The van der Waals surface area contributed by atoms with Crippen LogP contribution in [-0.2, 0) is 4.74 Å². The lowest BCUT2D eigenvalue weighted by atomic mass is 10.1. The summed E-state index contributed by atoms with van der Waals surface area (Å²) in [4.78, 5) is 37.4. The molecule has 0 aliphatic carbocycles. The molecule has 2 aromatic rings. The number of phenols is 1. The van der Waals surface area contributed by atoms with Crippen LogP contribution >= 0.6 is 0 Å². The molecule has 0 aromatic heterocycles. The van der Waals surface area contributed by atoms with Gasteiger partial charge in [-0.05, 0) is 25.1 Å². The summed E-state index contributed by atoms with van der Waals surface area (Å²) in [7, 11) is 2.94. The highest BCUT2D eigenvalue weighted by molar-refractivity contribution is 5.99. The number of phenolic OH excluding ortho intramolecular Hbond substituents is 1. The number of aromatic hydroxyl groups is 1. The summed E-state index contributed by atoms with van der Waals surface area (Å²) in [5.41, 5.74) is -3.37. The summed E-state index contributed by atoms with van der Waals surface area (Å²) in [6.07, 6.45) is -4.58. The van der Waals surface area contributed by atoms with Crippen molar-refractivity contribution in [2.75, 3.05) is 24.7 Å². The second-order valence-electron chi connectivity index (χ2n) is 7.30. The van der Waals surface area contributed by atoms with Gasteiger partial charge in [0.25, 0.3) is 16.8 Å². The molecule has 11 heteroatoms. The maximum atomic E-state index is 13.6. The molecule has 3 N–H and O–H groups in total. The molecule has 0 saturated carbocycles. The SMILES string of the molecule is CC1=CCC([C@H](Nc2c(Nc3cccc(C(=O)N(C)C)c3O)c(=O)c2=O)C(F)(F)F)O1. The molecular formula is C20H20F3N3O5. The van der Waals surface area contributed by atoms with Gasteiger partial charge in [0.15, 0.2) is 11.8 Å². The molecule has 1 unspecified atom stereocenters. The summed E-state index contributed by atoms with van der Waals surface area (Å²) < 4.78 is 46.0. The molecule has 1 aliphatic rings. The van der Waals surface area contributed by atoms with Crippen LogP contribution in [0.1, 0.15) is 23.7 Å². The number of ether oxygens (including phenoxy) is 1. The van der Waals surface area contributed by atoms with Crippen LogP contribution < -0.4 is 21.5 Å². The van der Waals surface area contributed by atoms with Crippen molar-refractivity contribution in [1.29, 1.82) is 0 Å². The topological polar surface area (TPSA) is 108 Å². The molecule has 2 atom stereocenters. The van der Waals surface area contributed by atoms with Gasteiger partial charge < -0.3 is 25.4 Å². The van der Waals surface area contributed by atoms with Crippen LogP contribution in [0.3, 0.4) is 0 Å². The number of nitrogens with zero attached hydrogens (tertiary/aromatic N) is 1. The Hall–Kier alpha value is -3.50. The summed E-state index contributed by atoms with van der Waals surface area (Å²) >= 11 is 0. The van der Waals surface area contributed by atoms with Crippen LogP contribution in [0, 0.1) is 0 Å². The van der Waals surface area contributed by atoms with Gasteiger partial charge in [-0.3, -0.25) is 14.4 Å². The van der Waals surface area contributed by atoms with E-state index < -0.39 is 52.2 Å². The second-order valence-corrected chi connectivity index (χ2v) is 7.30. The fraction of sp³-hybridized carbons (Fsp3) is 0.350. The highest BCUT2D eigenvalue weighted by Gasteiger charge is 2.48. The Balaban J connectivity index is 1.91. The van der Waals surface area contributed by atoms with Crippen LogP contribution in [0.4, 0.5) is 30.2 Å². The molecule has 1 amide bonds. The van der Waals surface area contributed by atoms with Gasteiger partial charge in [-0.15, -0.1) is 0 Å². The van der Waals surface area contributed by atoms with E-state index in [9.17, 15) is 32.7 Å². The Labute approximate surface area is 174 Å². The van der Waals surface area contributed by atoms with E-state index in [0.717, 1.165) is 0 Å². The highest BCUT2D eigenvalue weighted by Crippen LogP contribution is 2.35. The molecule has 3 rings (SSSR count). The number of carbonyl (C=O) groups is 1. The molecule has 0 radical (unpaired) electrons. The van der Waals surface area contributed by atoms with Crippen molar-refractivity contribution >= 4 is 23.0 Å². The van der Waals surface area contributed by atoms with Gasteiger partial charge in [0, 0.05) is 20.5 Å². The molecule has 1 aliphatic heterocycles. The molecule has 0 saturated heterocycles. The quantitative estimate of drug-likeness (QED) is 0.469. The molecule has 0 fully saturated rings. The Bertz CT molecular complexity index is 1120. The van der Waals surface area contributed by atoms with Crippen molar-refractivity contribution in [2.24, 2.45) is 0 Å². The molecular weight excluding hydrogens is 419 g/mol. The van der Waals surface area contributed by atoms with Crippen LogP contribution in [0.5, 0.6) is 5.75 Å². The summed E-state index contributed by atoms with van der Waals surface area (Å²) in [6.45, 7) is 1.52. The normalized spacial score (nSPS) is 17.1. The Morgan fingerprint density at radius 3 is 2.42 bits per heavy atom. The molecule has 2 aromatic carbocycles. The lowest BCUT2D eigenvalue weighted by molar-refractivity contribution is -0.162. The number of para-hydroxylation sites is 1. The minimum atomic E-state index is -4.76. The first-order chi connectivity index (χ1) is 14.4. The third-order valence-corrected chi connectivity index (χ3v) is 4.84. The van der Waals surface area contributed by atoms with Gasteiger partial charge in [0.05, 0.1) is 17.0 Å². The molecule has 0 bridgehead atoms. The fourth-order valence-corrected chi connectivity index (χ4v) is 3.20. The molecule has 31 heavy (non-hydrogen) atoms. The minimum Gasteiger partial charge on any atom is -0.505 e. The molecule has 0 spiro atoms. The predicted octanol–water partition coefficient (Wildman–Crippen LogP) is 2.47. The van der Waals surface area contributed by atoms with Gasteiger partial charge in [0.1, 0.15) is 17.5 Å². The second kappa shape index (κ2) is 7.97. The van der Waals surface area contributed by atoms with Crippen molar-refractivity contribution in [1.82, 2.24) is 4.90 Å². The van der Waals surface area contributed by atoms with Crippen molar-refractivity contribution in [3.8, 4) is 5.75 Å². The minimum absolute atomic E-state index is 0.0172. The number of benzene rings is 1. The van der Waals surface area contributed by atoms with Crippen LogP contribution in [0.2, 0.25) is 0 Å². The zero-order valence-corrected chi connectivity index (χ0v) is 16.8. The molecule has 1 heterocycles. The maximum absolute atomic E-state index is 13.6. The van der Waals surface area contributed by atoms with E-state index in [4.69, 9.17) is 4.74 Å². The summed E-state index contributed by atoms with van der Waals surface area (Å²) in [5, 5.41) is 14.9. The highest BCUT2D eigenvalue weighted by atomic mass is 19.4. The van der Waals surface area contributed by atoms with Gasteiger partial charge in [-0.25, -0.2) is 0 Å².